The molecule has 0 amide bonds. The second kappa shape index (κ2) is 11.2. The van der Waals surface area contributed by atoms with Gasteiger partial charge in [0.1, 0.15) is 0 Å². The van der Waals surface area contributed by atoms with Crippen LogP contribution < -0.4 is 0 Å². The smallest absolute Gasteiger partial charge is 0 e. The van der Waals surface area contributed by atoms with E-state index in [-0.39, 0.29) is 88.1 Å². The van der Waals surface area contributed by atoms with Gasteiger partial charge in [0.15, 0.2) is 0 Å². The zero-order chi connectivity index (χ0) is 15.4. The van der Waals surface area contributed by atoms with Gasteiger partial charge in [-0.2, -0.15) is 0 Å². The van der Waals surface area contributed by atoms with Crippen LogP contribution in [0.1, 0.15) is 35.1 Å². The van der Waals surface area contributed by atoms with Gasteiger partial charge in [-0.05, 0) is 47.9 Å². The van der Waals surface area contributed by atoms with E-state index < -0.39 is 0 Å². The van der Waals surface area contributed by atoms with Crippen LogP contribution in [0.2, 0.25) is 0 Å². The minimum Gasteiger partial charge on any atom is -0.698 e. The first-order valence-electron chi connectivity index (χ1n) is 7.76. The van der Waals surface area contributed by atoms with Crippen LogP contribution in [0.3, 0.4) is 0 Å². The Bertz CT molecular complexity index is 672. The zero-order valence-corrected chi connectivity index (χ0v) is 23.2. The summed E-state index contributed by atoms with van der Waals surface area (Å²) in [5.41, 5.74) is 21.5. The predicted molar refractivity (Wildman–Crippen MR) is 94.1 cm³/mol. The Morgan fingerprint density at radius 3 is 1.33 bits per heavy atom. The molecule has 2 aliphatic rings. The van der Waals surface area contributed by atoms with Crippen LogP contribution in [0, 0.1) is 88.1 Å². The maximum Gasteiger partial charge on any atom is 0 e. The molecule has 0 saturated heterocycles. The average Bonchev–Trinajstić information content (AvgIpc) is 2.57. The summed E-state index contributed by atoms with van der Waals surface area (Å²) >= 11 is 0. The van der Waals surface area contributed by atoms with Gasteiger partial charge in [-0.15, -0.1) is 11.4 Å². The van der Waals surface area contributed by atoms with Gasteiger partial charge in [-0.25, -0.2) is 0 Å². The first kappa shape index (κ1) is 22.4. The van der Waals surface area contributed by atoms with E-state index in [1.165, 1.54) is 11.1 Å². The van der Waals surface area contributed by atoms with Crippen molar-refractivity contribution in [2.24, 2.45) is 0 Å². The summed E-state index contributed by atoms with van der Waals surface area (Å²) in [6.07, 6.45) is 8.22. The van der Waals surface area contributed by atoms with Gasteiger partial charge in [-0.3, -0.25) is 0 Å². The van der Waals surface area contributed by atoms with Gasteiger partial charge in [0.25, 0.3) is 0 Å². The van der Waals surface area contributed by atoms with E-state index in [1.807, 2.05) is 48.6 Å². The Hall–Kier alpha value is 0.403. The summed E-state index contributed by atoms with van der Waals surface area (Å²) in [5, 5.41) is 0. The summed E-state index contributed by atoms with van der Waals surface area (Å²) in [6, 6.07) is 16.3. The number of rotatable bonds is 0. The Morgan fingerprint density at radius 2 is 0.958 bits per heavy atom. The SMILES string of the molecule is [Ac].[Ac].[NH-]C1=CCCc2ccccc21.[NH-]C1=CCCc2ccccc21. The molecule has 0 atom stereocenters. The van der Waals surface area contributed by atoms with Crippen molar-refractivity contribution in [3.05, 3.63) is 94.4 Å². The van der Waals surface area contributed by atoms with Gasteiger partial charge < -0.3 is 11.5 Å². The fraction of sp³-hybridized carbons (Fsp3) is 0.200. The molecule has 2 aromatic carbocycles. The molecule has 4 heteroatoms. The zero-order valence-electron chi connectivity index (χ0n) is 13.8. The van der Waals surface area contributed by atoms with Gasteiger partial charge >= 0.3 is 0 Å². The number of hydrogen-bond acceptors (Lipinski definition) is 0. The van der Waals surface area contributed by atoms with Crippen LogP contribution in [0.5, 0.6) is 0 Å². The number of aryl methyl sites for hydroxylation is 2. The van der Waals surface area contributed by atoms with Crippen molar-refractivity contribution in [1.29, 1.82) is 0 Å². The summed E-state index contributed by atoms with van der Waals surface area (Å²) in [6.45, 7) is 0. The molecule has 2 aromatic rings. The number of nitrogens with one attached hydrogen (secondary N) is 2. The third kappa shape index (κ3) is 5.71. The Morgan fingerprint density at radius 1 is 0.583 bits per heavy atom. The Kier molecular flexibility index (Phi) is 10.5. The molecular weight excluding hydrogens is 722 g/mol. The number of benzene rings is 2. The molecule has 2 radical (unpaired) electrons. The van der Waals surface area contributed by atoms with E-state index >= 15 is 0 Å². The van der Waals surface area contributed by atoms with Gasteiger partial charge in [0, 0.05) is 88.1 Å². The average molecular weight is 742 g/mol. The van der Waals surface area contributed by atoms with Crippen LogP contribution in [-0.4, -0.2) is 0 Å². The van der Waals surface area contributed by atoms with Crippen molar-refractivity contribution in [2.45, 2.75) is 25.7 Å². The normalized spacial score (nSPS) is 14.2. The van der Waals surface area contributed by atoms with Crippen molar-refractivity contribution < 1.29 is 88.1 Å². The first-order valence-corrected chi connectivity index (χ1v) is 7.76. The summed E-state index contributed by atoms with van der Waals surface area (Å²) in [7, 11) is 0. The standard InChI is InChI=1S/2C10H10N.2Ac/c2*11-10-7-3-5-8-4-1-2-6-9(8)10;;/h2*1-2,4,6-7,11H,3,5H2;;/q2*-1;;. The fourth-order valence-electron chi connectivity index (χ4n) is 2.97. The van der Waals surface area contributed by atoms with Crippen molar-refractivity contribution >= 4 is 11.4 Å². The molecule has 0 heterocycles. The molecule has 2 N–H and O–H groups in total. The second-order valence-corrected chi connectivity index (χ2v) is 5.63. The van der Waals surface area contributed by atoms with Gasteiger partial charge in [0.05, 0.1) is 0 Å². The van der Waals surface area contributed by atoms with Crippen LogP contribution in [0.15, 0.2) is 60.7 Å². The van der Waals surface area contributed by atoms with E-state index in [0.717, 1.165) is 36.8 Å². The van der Waals surface area contributed by atoms with Crippen LogP contribution in [0.4, 0.5) is 0 Å². The monoisotopic (exact) mass is 742 g/mol. The van der Waals surface area contributed by atoms with Crippen molar-refractivity contribution in [1.82, 2.24) is 0 Å². The number of hydrogen-bond donors (Lipinski definition) is 0. The third-order valence-electron chi connectivity index (χ3n) is 4.14. The van der Waals surface area contributed by atoms with Crippen LogP contribution >= 0.6 is 0 Å². The quantitative estimate of drug-likeness (QED) is 0.316. The Balaban J connectivity index is 0.000000222. The summed E-state index contributed by atoms with van der Waals surface area (Å²) in [5.74, 6) is 0. The molecular formula is C20H20Ac2N2-2. The van der Waals surface area contributed by atoms with Gasteiger partial charge in [-0.1, -0.05) is 60.7 Å². The Labute approximate surface area is 216 Å². The van der Waals surface area contributed by atoms with Crippen molar-refractivity contribution in [3.63, 3.8) is 0 Å². The molecule has 0 spiro atoms. The van der Waals surface area contributed by atoms with Crippen molar-refractivity contribution in [2.75, 3.05) is 0 Å². The number of fused-ring (bicyclic) bond motifs is 2. The fourth-order valence-corrected chi connectivity index (χ4v) is 2.97. The summed E-state index contributed by atoms with van der Waals surface area (Å²) < 4.78 is 0. The molecule has 0 bridgehead atoms. The molecule has 0 aliphatic heterocycles. The van der Waals surface area contributed by atoms with Crippen LogP contribution in [0.25, 0.3) is 22.9 Å². The topological polar surface area (TPSA) is 47.6 Å². The van der Waals surface area contributed by atoms with E-state index in [4.69, 9.17) is 11.5 Å². The molecule has 4 rings (SSSR count). The minimum absolute atomic E-state index is 0. The molecule has 118 valence electrons. The summed E-state index contributed by atoms with van der Waals surface area (Å²) in [4.78, 5) is 0. The maximum atomic E-state index is 7.61. The largest absolute Gasteiger partial charge is 0.698 e. The van der Waals surface area contributed by atoms with Gasteiger partial charge in [0.2, 0.25) is 0 Å². The van der Waals surface area contributed by atoms with Crippen molar-refractivity contribution in [3.8, 4) is 0 Å². The maximum absolute atomic E-state index is 7.61. The predicted octanol–water partition coefficient (Wildman–Crippen LogP) is 6.05. The molecule has 0 aromatic heterocycles. The second-order valence-electron chi connectivity index (χ2n) is 5.63. The molecule has 2 nitrogen and oxygen atoms in total. The molecule has 0 unspecified atom stereocenters. The van der Waals surface area contributed by atoms with E-state index in [1.54, 1.807) is 0 Å². The molecule has 0 saturated carbocycles. The van der Waals surface area contributed by atoms with Crippen LogP contribution in [-0.2, 0) is 12.8 Å². The third-order valence-corrected chi connectivity index (χ3v) is 4.14. The molecule has 24 heavy (non-hydrogen) atoms. The minimum atomic E-state index is 0. The molecule has 2 aliphatic carbocycles. The van der Waals surface area contributed by atoms with E-state index in [2.05, 4.69) is 12.1 Å². The molecule has 0 fully saturated rings. The van der Waals surface area contributed by atoms with E-state index in [9.17, 15) is 0 Å². The number of allylic oxidation sites excluding steroid dienone is 2. The first-order chi connectivity index (χ1) is 10.8. The van der Waals surface area contributed by atoms with E-state index in [0.29, 0.717) is 11.4 Å².